The number of aromatic hydroxyl groups is 1. The number of hydrogen-bond acceptors (Lipinski definition) is 8. The minimum atomic E-state index is -0.976. The molecule has 0 amide bonds. The SMILES string of the molecule is COC(=O)[C@H]1C(=O)C2=C(C[C@@H]1C)NC(C)=C(C(=O)OC(C)C)[C@@H]2c1ccc(OC)c(O)c1. The summed E-state index contributed by atoms with van der Waals surface area (Å²) < 4.78 is 15.5. The molecule has 0 saturated carbocycles. The van der Waals surface area contributed by atoms with E-state index in [1.165, 1.54) is 20.3 Å². The highest BCUT2D eigenvalue weighted by atomic mass is 16.5. The second-order valence-electron chi connectivity index (χ2n) is 8.42. The molecule has 3 rings (SSSR count). The highest BCUT2D eigenvalue weighted by Crippen LogP contribution is 2.46. The monoisotopic (exact) mass is 443 g/mol. The largest absolute Gasteiger partial charge is 0.504 e. The fourth-order valence-electron chi connectivity index (χ4n) is 4.45. The van der Waals surface area contributed by atoms with E-state index < -0.39 is 29.6 Å². The van der Waals surface area contributed by atoms with Crippen LogP contribution in [-0.2, 0) is 23.9 Å². The molecule has 172 valence electrons. The first-order valence-corrected chi connectivity index (χ1v) is 10.5. The maximum absolute atomic E-state index is 13.6. The smallest absolute Gasteiger partial charge is 0.337 e. The van der Waals surface area contributed by atoms with Gasteiger partial charge in [-0.1, -0.05) is 13.0 Å². The Morgan fingerprint density at radius 1 is 1.22 bits per heavy atom. The van der Waals surface area contributed by atoms with Crippen LogP contribution in [0.3, 0.4) is 0 Å². The van der Waals surface area contributed by atoms with E-state index in [1.807, 2.05) is 6.92 Å². The van der Waals surface area contributed by atoms with Gasteiger partial charge in [-0.3, -0.25) is 9.59 Å². The van der Waals surface area contributed by atoms with Gasteiger partial charge < -0.3 is 24.6 Å². The summed E-state index contributed by atoms with van der Waals surface area (Å²) in [6, 6.07) is 4.72. The first-order chi connectivity index (χ1) is 15.1. The predicted octanol–water partition coefficient (Wildman–Crippen LogP) is 2.97. The summed E-state index contributed by atoms with van der Waals surface area (Å²) in [5.41, 5.74) is 2.30. The summed E-state index contributed by atoms with van der Waals surface area (Å²) >= 11 is 0. The molecule has 32 heavy (non-hydrogen) atoms. The lowest BCUT2D eigenvalue weighted by Gasteiger charge is -2.38. The van der Waals surface area contributed by atoms with Crippen molar-refractivity contribution in [3.05, 3.63) is 46.3 Å². The number of hydrogen-bond donors (Lipinski definition) is 2. The number of ether oxygens (including phenoxy) is 3. The van der Waals surface area contributed by atoms with E-state index in [2.05, 4.69) is 5.32 Å². The lowest BCUT2D eigenvalue weighted by Crippen LogP contribution is -2.43. The molecule has 8 heteroatoms. The Hall–Kier alpha value is -3.29. The van der Waals surface area contributed by atoms with Crippen LogP contribution in [0.15, 0.2) is 40.7 Å². The molecule has 1 aliphatic carbocycles. The molecule has 2 N–H and O–H groups in total. The van der Waals surface area contributed by atoms with Crippen LogP contribution in [-0.4, -0.2) is 43.2 Å². The summed E-state index contributed by atoms with van der Waals surface area (Å²) in [4.78, 5) is 39.1. The van der Waals surface area contributed by atoms with E-state index in [9.17, 15) is 19.5 Å². The number of dihydropyridines is 1. The molecule has 1 aliphatic heterocycles. The molecule has 1 aromatic rings. The van der Waals surface area contributed by atoms with Crippen molar-refractivity contribution in [2.45, 2.75) is 46.1 Å². The van der Waals surface area contributed by atoms with E-state index >= 15 is 0 Å². The number of benzene rings is 1. The Morgan fingerprint density at radius 2 is 1.91 bits per heavy atom. The maximum Gasteiger partial charge on any atom is 0.337 e. The number of rotatable bonds is 5. The number of nitrogens with one attached hydrogen (secondary N) is 1. The Kier molecular flexibility index (Phi) is 6.62. The Morgan fingerprint density at radius 3 is 2.47 bits per heavy atom. The highest BCUT2D eigenvalue weighted by Gasteiger charge is 2.47. The van der Waals surface area contributed by atoms with E-state index in [-0.39, 0.29) is 29.1 Å². The molecule has 0 saturated heterocycles. The van der Waals surface area contributed by atoms with Gasteiger partial charge in [0.25, 0.3) is 0 Å². The van der Waals surface area contributed by atoms with Crippen LogP contribution < -0.4 is 10.1 Å². The Labute approximate surface area is 187 Å². The number of carbonyl (C=O) groups is 3. The maximum atomic E-state index is 13.6. The highest BCUT2D eigenvalue weighted by molar-refractivity contribution is 6.12. The minimum Gasteiger partial charge on any atom is -0.504 e. The van der Waals surface area contributed by atoms with Crippen molar-refractivity contribution in [3.8, 4) is 11.5 Å². The number of Topliss-reactive ketones (excluding diaryl/α,β-unsaturated/α-hetero) is 1. The molecule has 2 aliphatic rings. The van der Waals surface area contributed by atoms with Gasteiger partial charge in [0.2, 0.25) is 0 Å². The average Bonchev–Trinajstić information content (AvgIpc) is 2.71. The molecule has 0 aromatic heterocycles. The van der Waals surface area contributed by atoms with Crippen LogP contribution >= 0.6 is 0 Å². The third-order valence-corrected chi connectivity index (χ3v) is 5.84. The zero-order valence-corrected chi connectivity index (χ0v) is 19.1. The average molecular weight is 443 g/mol. The number of phenols is 1. The van der Waals surface area contributed by atoms with E-state index in [0.717, 1.165) is 0 Å². The quantitative estimate of drug-likeness (QED) is 0.528. The van der Waals surface area contributed by atoms with Crippen molar-refractivity contribution in [2.24, 2.45) is 11.8 Å². The number of carbonyl (C=O) groups excluding carboxylic acids is 3. The second-order valence-corrected chi connectivity index (χ2v) is 8.42. The molecule has 1 aromatic carbocycles. The molecule has 0 fully saturated rings. The van der Waals surface area contributed by atoms with Gasteiger partial charge in [0.05, 0.1) is 25.9 Å². The fourth-order valence-corrected chi connectivity index (χ4v) is 4.45. The van der Waals surface area contributed by atoms with Crippen LogP contribution in [0, 0.1) is 11.8 Å². The first kappa shape index (κ1) is 23.4. The van der Waals surface area contributed by atoms with Gasteiger partial charge in [-0.2, -0.15) is 0 Å². The summed E-state index contributed by atoms with van der Waals surface area (Å²) in [5, 5.41) is 13.6. The van der Waals surface area contributed by atoms with Gasteiger partial charge in [0.1, 0.15) is 5.92 Å². The molecular formula is C24H29NO7. The topological polar surface area (TPSA) is 111 Å². The molecule has 0 radical (unpaired) electrons. The second kappa shape index (κ2) is 9.06. The van der Waals surface area contributed by atoms with Crippen molar-refractivity contribution in [1.82, 2.24) is 5.32 Å². The zero-order valence-electron chi connectivity index (χ0n) is 19.1. The van der Waals surface area contributed by atoms with Crippen molar-refractivity contribution < 1.29 is 33.7 Å². The summed E-state index contributed by atoms with van der Waals surface area (Å²) in [5.74, 6) is -3.51. The molecule has 0 unspecified atom stereocenters. The zero-order chi connectivity index (χ0) is 23.7. The third-order valence-electron chi connectivity index (χ3n) is 5.84. The molecule has 0 bridgehead atoms. The summed E-state index contributed by atoms with van der Waals surface area (Å²) in [6.07, 6.45) is 0.0663. The number of phenolic OH excluding ortho intramolecular Hbond substituents is 1. The normalized spacial score (nSPS) is 23.0. The van der Waals surface area contributed by atoms with Crippen molar-refractivity contribution in [2.75, 3.05) is 14.2 Å². The first-order valence-electron chi connectivity index (χ1n) is 10.5. The van der Waals surface area contributed by atoms with Gasteiger partial charge in [0.15, 0.2) is 17.3 Å². The van der Waals surface area contributed by atoms with Crippen LogP contribution in [0.1, 0.15) is 45.6 Å². The lowest BCUT2D eigenvalue weighted by atomic mass is 9.69. The number of methoxy groups -OCH3 is 2. The number of allylic oxidation sites excluding steroid dienone is 3. The Balaban J connectivity index is 2.21. The van der Waals surface area contributed by atoms with Crippen molar-refractivity contribution >= 4 is 17.7 Å². The minimum absolute atomic E-state index is 0.124. The van der Waals surface area contributed by atoms with Gasteiger partial charge in [-0.15, -0.1) is 0 Å². The predicted molar refractivity (Wildman–Crippen MR) is 116 cm³/mol. The molecule has 8 nitrogen and oxygen atoms in total. The van der Waals surface area contributed by atoms with Gasteiger partial charge >= 0.3 is 11.9 Å². The van der Waals surface area contributed by atoms with Crippen molar-refractivity contribution in [1.29, 1.82) is 0 Å². The number of esters is 2. The summed E-state index contributed by atoms with van der Waals surface area (Å²) in [7, 11) is 2.68. The lowest BCUT2D eigenvalue weighted by molar-refractivity contribution is -0.151. The van der Waals surface area contributed by atoms with E-state index in [4.69, 9.17) is 14.2 Å². The molecule has 1 heterocycles. The standard InChI is InChI=1S/C24H29NO7/c1-11(2)32-24(29)19-13(4)25-15-9-12(3)18(23(28)31-6)22(27)21(15)20(19)14-7-8-17(30-5)16(26)10-14/h7-8,10-12,18,20,25-26H,9H2,1-6H3/t12-,18+,20-/m0/s1. The third kappa shape index (κ3) is 4.09. The van der Waals surface area contributed by atoms with Crippen LogP contribution in [0.5, 0.6) is 11.5 Å². The fraction of sp³-hybridized carbons (Fsp3) is 0.458. The Bertz CT molecular complexity index is 1020. The molecule has 0 spiro atoms. The van der Waals surface area contributed by atoms with E-state index in [0.29, 0.717) is 29.0 Å². The van der Waals surface area contributed by atoms with Gasteiger partial charge in [0, 0.05) is 22.9 Å². The number of ketones is 1. The van der Waals surface area contributed by atoms with Crippen LogP contribution in [0.2, 0.25) is 0 Å². The van der Waals surface area contributed by atoms with Gasteiger partial charge in [-0.05, 0) is 50.8 Å². The van der Waals surface area contributed by atoms with Crippen LogP contribution in [0.4, 0.5) is 0 Å². The summed E-state index contributed by atoms with van der Waals surface area (Å²) in [6.45, 7) is 7.05. The van der Waals surface area contributed by atoms with Crippen LogP contribution in [0.25, 0.3) is 0 Å². The van der Waals surface area contributed by atoms with Gasteiger partial charge in [-0.25, -0.2) is 4.79 Å². The van der Waals surface area contributed by atoms with E-state index in [1.54, 1.807) is 32.9 Å². The van der Waals surface area contributed by atoms with Crippen molar-refractivity contribution in [3.63, 3.8) is 0 Å². The molecular weight excluding hydrogens is 414 g/mol. The molecule has 3 atom stereocenters.